The summed E-state index contributed by atoms with van der Waals surface area (Å²) in [7, 11) is 1.92. The summed E-state index contributed by atoms with van der Waals surface area (Å²) >= 11 is 0. The first-order chi connectivity index (χ1) is 11.2. The number of benzene rings is 1. The minimum atomic E-state index is 0.786. The van der Waals surface area contributed by atoms with E-state index in [1.165, 1.54) is 18.4 Å². The van der Waals surface area contributed by atoms with Crippen LogP contribution in [0.15, 0.2) is 30.5 Å². The van der Waals surface area contributed by atoms with Crippen molar-refractivity contribution in [2.45, 2.75) is 19.8 Å². The molecule has 3 heterocycles. The number of anilines is 3. The fourth-order valence-corrected chi connectivity index (χ4v) is 3.02. The maximum absolute atomic E-state index is 4.77. The van der Waals surface area contributed by atoms with Crippen LogP contribution < -0.4 is 10.2 Å². The Bertz CT molecular complexity index is 847. The zero-order chi connectivity index (χ0) is 15.8. The number of nitrogens with one attached hydrogen (secondary N) is 1. The molecule has 1 aliphatic rings. The molecule has 6 nitrogen and oxygen atoms in total. The second-order valence-corrected chi connectivity index (χ2v) is 6.07. The quantitative estimate of drug-likeness (QED) is 0.806. The van der Waals surface area contributed by atoms with Gasteiger partial charge in [-0.3, -0.25) is 4.68 Å². The lowest BCUT2D eigenvalue weighted by Gasteiger charge is -2.17. The Balaban J connectivity index is 1.80. The lowest BCUT2D eigenvalue weighted by molar-refractivity contribution is 0.782. The molecule has 1 saturated heterocycles. The molecule has 6 heteroatoms. The zero-order valence-corrected chi connectivity index (χ0v) is 13.5. The standard InChI is InChI=1S/C17H20N6/c1-12-6-5-7-13(10-12)19-15-14-11-18-22(2)16(14)21-17(20-15)23-8-3-4-9-23/h5-7,10-11H,3-4,8-9H2,1-2H3,(H,19,20,21). The van der Waals surface area contributed by atoms with Crippen molar-refractivity contribution in [2.75, 3.05) is 23.3 Å². The van der Waals surface area contributed by atoms with Crippen LogP contribution >= 0.6 is 0 Å². The van der Waals surface area contributed by atoms with Crippen LogP contribution in [0.4, 0.5) is 17.5 Å². The molecular formula is C17H20N6. The molecule has 0 saturated carbocycles. The summed E-state index contributed by atoms with van der Waals surface area (Å²) < 4.78 is 1.80. The highest BCUT2D eigenvalue weighted by atomic mass is 15.3. The molecule has 0 amide bonds. The molecule has 118 valence electrons. The highest BCUT2D eigenvalue weighted by Gasteiger charge is 2.19. The van der Waals surface area contributed by atoms with Gasteiger partial charge in [-0.15, -0.1) is 0 Å². The Kier molecular flexibility index (Phi) is 3.37. The van der Waals surface area contributed by atoms with Crippen molar-refractivity contribution < 1.29 is 0 Å². The molecule has 0 bridgehead atoms. The van der Waals surface area contributed by atoms with E-state index in [9.17, 15) is 0 Å². The average molecular weight is 308 g/mol. The van der Waals surface area contributed by atoms with Gasteiger partial charge in [-0.1, -0.05) is 12.1 Å². The number of aryl methyl sites for hydroxylation is 2. The zero-order valence-electron chi connectivity index (χ0n) is 13.5. The number of aromatic nitrogens is 4. The monoisotopic (exact) mass is 308 g/mol. The van der Waals surface area contributed by atoms with Gasteiger partial charge in [-0.2, -0.15) is 15.1 Å². The summed E-state index contributed by atoms with van der Waals surface area (Å²) in [6.45, 7) is 4.13. The Morgan fingerprint density at radius 2 is 1.96 bits per heavy atom. The number of hydrogen-bond donors (Lipinski definition) is 1. The van der Waals surface area contributed by atoms with Gasteiger partial charge < -0.3 is 10.2 Å². The van der Waals surface area contributed by atoms with Crippen LogP contribution in [0.25, 0.3) is 11.0 Å². The maximum Gasteiger partial charge on any atom is 0.229 e. The molecule has 2 aromatic heterocycles. The predicted molar refractivity (Wildman–Crippen MR) is 92.2 cm³/mol. The third-order valence-corrected chi connectivity index (χ3v) is 4.25. The summed E-state index contributed by atoms with van der Waals surface area (Å²) in [4.78, 5) is 11.7. The summed E-state index contributed by atoms with van der Waals surface area (Å²) in [6, 6.07) is 8.29. The van der Waals surface area contributed by atoms with Crippen LogP contribution in [0.2, 0.25) is 0 Å². The van der Waals surface area contributed by atoms with E-state index >= 15 is 0 Å². The van der Waals surface area contributed by atoms with Gasteiger partial charge in [-0.25, -0.2) is 0 Å². The highest BCUT2D eigenvalue weighted by molar-refractivity contribution is 5.89. The molecule has 1 aliphatic heterocycles. The van der Waals surface area contributed by atoms with Crippen LogP contribution in [-0.2, 0) is 7.05 Å². The summed E-state index contributed by atoms with van der Waals surface area (Å²) in [6.07, 6.45) is 4.22. The van der Waals surface area contributed by atoms with E-state index in [0.717, 1.165) is 41.6 Å². The Hall–Kier alpha value is -2.63. The Labute approximate surface area is 135 Å². The topological polar surface area (TPSA) is 58.9 Å². The normalized spacial score (nSPS) is 14.6. The van der Waals surface area contributed by atoms with Crippen LogP contribution in [-0.4, -0.2) is 32.8 Å². The van der Waals surface area contributed by atoms with Crippen molar-refractivity contribution in [1.29, 1.82) is 0 Å². The first-order valence-corrected chi connectivity index (χ1v) is 7.99. The van der Waals surface area contributed by atoms with Crippen LogP contribution in [0, 0.1) is 6.92 Å². The lowest BCUT2D eigenvalue weighted by Crippen LogP contribution is -2.21. The molecule has 1 fully saturated rings. The van der Waals surface area contributed by atoms with E-state index < -0.39 is 0 Å². The van der Waals surface area contributed by atoms with Gasteiger partial charge in [0.05, 0.1) is 11.6 Å². The molecule has 0 spiro atoms. The second kappa shape index (κ2) is 5.53. The number of fused-ring (bicyclic) bond motifs is 1. The molecule has 4 rings (SSSR count). The van der Waals surface area contributed by atoms with E-state index in [1.54, 1.807) is 4.68 Å². The van der Waals surface area contributed by atoms with Crippen molar-refractivity contribution >= 4 is 28.5 Å². The van der Waals surface area contributed by atoms with E-state index in [-0.39, 0.29) is 0 Å². The minimum Gasteiger partial charge on any atom is -0.341 e. The molecule has 23 heavy (non-hydrogen) atoms. The van der Waals surface area contributed by atoms with Crippen molar-refractivity contribution in [1.82, 2.24) is 19.7 Å². The summed E-state index contributed by atoms with van der Waals surface area (Å²) in [5, 5.41) is 8.71. The van der Waals surface area contributed by atoms with E-state index in [2.05, 4.69) is 34.4 Å². The van der Waals surface area contributed by atoms with Crippen molar-refractivity contribution in [3.05, 3.63) is 36.0 Å². The SMILES string of the molecule is Cc1cccc(Nc2nc(N3CCCC3)nc3c2cnn3C)c1. The first-order valence-electron chi connectivity index (χ1n) is 7.99. The van der Waals surface area contributed by atoms with E-state index in [1.807, 2.05) is 25.4 Å². The molecule has 3 aromatic rings. The molecule has 0 atom stereocenters. The summed E-state index contributed by atoms with van der Waals surface area (Å²) in [5.74, 6) is 1.60. The Morgan fingerprint density at radius 1 is 1.13 bits per heavy atom. The fourth-order valence-electron chi connectivity index (χ4n) is 3.02. The third kappa shape index (κ3) is 2.60. The van der Waals surface area contributed by atoms with Crippen molar-refractivity contribution in [3.63, 3.8) is 0 Å². The third-order valence-electron chi connectivity index (χ3n) is 4.25. The molecule has 1 N–H and O–H groups in total. The first kappa shape index (κ1) is 14.0. The average Bonchev–Trinajstić information content (AvgIpc) is 3.18. The number of hydrogen-bond acceptors (Lipinski definition) is 5. The molecule has 0 aliphatic carbocycles. The Morgan fingerprint density at radius 3 is 2.74 bits per heavy atom. The predicted octanol–water partition coefficient (Wildman–Crippen LogP) is 3.02. The van der Waals surface area contributed by atoms with Gasteiger partial charge in [-0.05, 0) is 37.5 Å². The molecular weight excluding hydrogens is 288 g/mol. The summed E-state index contributed by atoms with van der Waals surface area (Å²) in [5.41, 5.74) is 3.10. The smallest absolute Gasteiger partial charge is 0.229 e. The van der Waals surface area contributed by atoms with Gasteiger partial charge in [0.15, 0.2) is 5.65 Å². The van der Waals surface area contributed by atoms with Crippen LogP contribution in [0.5, 0.6) is 0 Å². The van der Waals surface area contributed by atoms with E-state index in [0.29, 0.717) is 0 Å². The van der Waals surface area contributed by atoms with Gasteiger partial charge in [0, 0.05) is 25.8 Å². The number of nitrogens with zero attached hydrogens (tertiary/aromatic N) is 5. The van der Waals surface area contributed by atoms with Gasteiger partial charge in [0.1, 0.15) is 5.82 Å². The molecule has 0 radical (unpaired) electrons. The highest BCUT2D eigenvalue weighted by Crippen LogP contribution is 2.27. The second-order valence-electron chi connectivity index (χ2n) is 6.07. The van der Waals surface area contributed by atoms with Crippen molar-refractivity contribution in [3.8, 4) is 0 Å². The van der Waals surface area contributed by atoms with Gasteiger partial charge in [0.25, 0.3) is 0 Å². The maximum atomic E-state index is 4.77. The fraction of sp³-hybridized carbons (Fsp3) is 0.353. The van der Waals surface area contributed by atoms with Gasteiger partial charge in [0.2, 0.25) is 5.95 Å². The minimum absolute atomic E-state index is 0.786. The van der Waals surface area contributed by atoms with Crippen LogP contribution in [0.1, 0.15) is 18.4 Å². The van der Waals surface area contributed by atoms with Crippen molar-refractivity contribution in [2.24, 2.45) is 7.05 Å². The lowest BCUT2D eigenvalue weighted by atomic mass is 10.2. The van der Waals surface area contributed by atoms with E-state index in [4.69, 9.17) is 9.97 Å². The van der Waals surface area contributed by atoms with Gasteiger partial charge >= 0.3 is 0 Å². The van der Waals surface area contributed by atoms with Crippen LogP contribution in [0.3, 0.4) is 0 Å². The number of rotatable bonds is 3. The molecule has 0 unspecified atom stereocenters. The molecule has 1 aromatic carbocycles. The largest absolute Gasteiger partial charge is 0.341 e.